The van der Waals surface area contributed by atoms with Gasteiger partial charge in [-0.3, -0.25) is 10.2 Å². The lowest BCUT2D eigenvalue weighted by Crippen LogP contribution is -2.38. The summed E-state index contributed by atoms with van der Waals surface area (Å²) < 4.78 is 7.78. The normalized spacial score (nSPS) is 17.4. The minimum absolute atomic E-state index is 0.0214. The summed E-state index contributed by atoms with van der Waals surface area (Å²) in [5.41, 5.74) is 2.13. The fourth-order valence-electron chi connectivity index (χ4n) is 3.08. The largest absolute Gasteiger partial charge is 0.492 e. The maximum absolute atomic E-state index is 12.4. The number of amidine groups is 2. The molecule has 0 saturated carbocycles. The van der Waals surface area contributed by atoms with Crippen LogP contribution in [0.25, 0.3) is 6.08 Å². The molecule has 1 amide bonds. The first kappa shape index (κ1) is 17.8. The average Bonchev–Trinajstić information content (AvgIpc) is 3.24. The summed E-state index contributed by atoms with van der Waals surface area (Å²) >= 11 is 0. The van der Waals surface area contributed by atoms with Crippen molar-refractivity contribution in [1.29, 1.82) is 5.41 Å². The van der Waals surface area contributed by atoms with Crippen molar-refractivity contribution in [3.8, 4) is 5.75 Å². The van der Waals surface area contributed by atoms with Crippen molar-refractivity contribution >= 4 is 23.7 Å². The number of rotatable bonds is 5. The summed E-state index contributed by atoms with van der Waals surface area (Å²) in [5.74, 6) is 1.29. The number of fused-ring (bicyclic) bond motifs is 1. The molecule has 0 saturated heterocycles. The highest BCUT2D eigenvalue weighted by atomic mass is 16.7. The minimum atomic E-state index is -0.449. The van der Waals surface area contributed by atoms with Crippen molar-refractivity contribution in [3.63, 3.8) is 0 Å². The molecule has 0 fully saturated rings. The van der Waals surface area contributed by atoms with Gasteiger partial charge in [0.25, 0.3) is 5.91 Å². The number of aromatic nitrogens is 1. The van der Waals surface area contributed by atoms with Gasteiger partial charge < -0.3 is 14.1 Å². The van der Waals surface area contributed by atoms with Crippen molar-refractivity contribution < 1.29 is 14.4 Å². The van der Waals surface area contributed by atoms with Crippen LogP contribution >= 0.6 is 0 Å². The van der Waals surface area contributed by atoms with Gasteiger partial charge in [0, 0.05) is 18.0 Å². The molecule has 2 aliphatic heterocycles. The molecule has 7 nitrogen and oxygen atoms in total. The Morgan fingerprint density at radius 3 is 2.93 bits per heavy atom. The Kier molecular flexibility index (Phi) is 4.57. The van der Waals surface area contributed by atoms with Crippen molar-refractivity contribution in [2.45, 2.75) is 20.4 Å². The van der Waals surface area contributed by atoms with E-state index < -0.39 is 5.91 Å². The number of amides is 1. The molecule has 4 rings (SSSR count). The number of allylic oxidation sites excluding steroid dienone is 1. The highest BCUT2D eigenvalue weighted by Gasteiger charge is 2.34. The molecular weight excluding hydrogens is 356 g/mol. The fourth-order valence-corrected chi connectivity index (χ4v) is 3.08. The second-order valence-corrected chi connectivity index (χ2v) is 6.61. The van der Waals surface area contributed by atoms with E-state index >= 15 is 0 Å². The van der Waals surface area contributed by atoms with E-state index in [9.17, 15) is 4.79 Å². The Hall–Kier alpha value is -3.61. The van der Waals surface area contributed by atoms with E-state index in [2.05, 4.69) is 4.99 Å². The molecule has 1 aromatic heterocycles. The number of hydrogen-bond donors (Lipinski definition) is 1. The summed E-state index contributed by atoms with van der Waals surface area (Å²) in [6.45, 7) is 4.87. The molecule has 0 spiro atoms. The minimum Gasteiger partial charge on any atom is -0.492 e. The van der Waals surface area contributed by atoms with Gasteiger partial charge in [0.05, 0.1) is 12.1 Å². The molecule has 0 atom stereocenters. The molecule has 2 aliphatic rings. The number of hydrogen-bond acceptors (Lipinski definition) is 4. The number of hydroxylamine groups is 2. The van der Waals surface area contributed by atoms with E-state index in [0.717, 1.165) is 17.0 Å². The van der Waals surface area contributed by atoms with Gasteiger partial charge in [-0.25, -0.2) is 0 Å². The number of aliphatic imine (C=N–C) groups is 1. The number of nitrogens with one attached hydrogen (secondary N) is 1. The van der Waals surface area contributed by atoms with E-state index in [0.29, 0.717) is 24.7 Å². The van der Waals surface area contributed by atoms with E-state index in [4.69, 9.17) is 15.0 Å². The molecule has 0 aliphatic carbocycles. The predicted molar refractivity (Wildman–Crippen MR) is 106 cm³/mol. The number of nitrogens with zero attached hydrogens (tertiary/aromatic N) is 3. The van der Waals surface area contributed by atoms with Crippen LogP contribution in [0.3, 0.4) is 0 Å². The maximum Gasteiger partial charge on any atom is 0.283 e. The molecule has 1 aromatic carbocycles. The fraction of sp³-hybridized carbons (Fsp3) is 0.190. The third-order valence-corrected chi connectivity index (χ3v) is 4.43. The quantitative estimate of drug-likeness (QED) is 0.812. The predicted octanol–water partition coefficient (Wildman–Crippen LogP) is 3.33. The highest BCUT2D eigenvalue weighted by Crippen LogP contribution is 2.23. The Labute approximate surface area is 162 Å². The summed E-state index contributed by atoms with van der Waals surface area (Å²) in [6.07, 6.45) is 5.21. The third-order valence-electron chi connectivity index (χ3n) is 4.43. The van der Waals surface area contributed by atoms with Crippen molar-refractivity contribution in [2.75, 3.05) is 6.61 Å². The van der Waals surface area contributed by atoms with Crippen LogP contribution in [0.15, 0.2) is 65.0 Å². The Balaban J connectivity index is 1.48. The van der Waals surface area contributed by atoms with Gasteiger partial charge in [-0.05, 0) is 49.8 Å². The molecule has 0 unspecified atom stereocenters. The lowest BCUT2D eigenvalue weighted by molar-refractivity contribution is -0.114. The average molecular weight is 376 g/mol. The molecule has 7 heteroatoms. The third kappa shape index (κ3) is 3.46. The monoisotopic (exact) mass is 376 g/mol. The first-order chi connectivity index (χ1) is 13.5. The van der Waals surface area contributed by atoms with E-state index in [1.54, 1.807) is 19.1 Å². The van der Waals surface area contributed by atoms with Gasteiger partial charge in [0.2, 0.25) is 0 Å². The van der Waals surface area contributed by atoms with E-state index in [1.807, 2.05) is 54.1 Å². The van der Waals surface area contributed by atoms with E-state index in [1.165, 1.54) is 5.06 Å². The van der Waals surface area contributed by atoms with Crippen LogP contribution in [0.5, 0.6) is 5.75 Å². The summed E-state index contributed by atoms with van der Waals surface area (Å²) in [6, 6.07) is 11.7. The van der Waals surface area contributed by atoms with Crippen LogP contribution in [0.4, 0.5) is 0 Å². The molecule has 28 heavy (non-hydrogen) atoms. The molecule has 3 heterocycles. The topological polar surface area (TPSA) is 79.9 Å². The number of benzene rings is 1. The van der Waals surface area contributed by atoms with Crippen molar-refractivity contribution in [3.05, 3.63) is 71.3 Å². The van der Waals surface area contributed by atoms with Crippen LogP contribution in [0.1, 0.15) is 18.2 Å². The highest BCUT2D eigenvalue weighted by molar-refractivity contribution is 6.32. The first-order valence-corrected chi connectivity index (χ1v) is 8.96. The van der Waals surface area contributed by atoms with Crippen LogP contribution in [-0.2, 0) is 16.2 Å². The second-order valence-electron chi connectivity index (χ2n) is 6.61. The van der Waals surface area contributed by atoms with Gasteiger partial charge in [0.15, 0.2) is 11.7 Å². The Bertz CT molecular complexity index is 1050. The van der Waals surface area contributed by atoms with Crippen LogP contribution in [0, 0.1) is 12.3 Å². The zero-order chi connectivity index (χ0) is 19.7. The van der Waals surface area contributed by atoms with Gasteiger partial charge in [-0.2, -0.15) is 4.99 Å². The van der Waals surface area contributed by atoms with Crippen LogP contribution in [-0.4, -0.2) is 33.8 Å². The van der Waals surface area contributed by atoms with Gasteiger partial charge in [-0.1, -0.05) is 12.1 Å². The zero-order valence-electron chi connectivity index (χ0n) is 15.7. The lowest BCUT2D eigenvalue weighted by Gasteiger charge is -2.23. The lowest BCUT2D eigenvalue weighted by atomic mass is 10.1. The second kappa shape index (κ2) is 7.19. The molecule has 0 bridgehead atoms. The summed E-state index contributed by atoms with van der Waals surface area (Å²) in [5, 5.41) is 9.56. The van der Waals surface area contributed by atoms with Gasteiger partial charge in [-0.15, -0.1) is 5.06 Å². The molecule has 2 aromatic rings. The molecular formula is C21H20N4O3. The number of aryl methyl sites for hydroxylation is 1. The van der Waals surface area contributed by atoms with E-state index in [-0.39, 0.29) is 11.4 Å². The maximum atomic E-state index is 12.4. The van der Waals surface area contributed by atoms with Crippen molar-refractivity contribution in [2.24, 2.45) is 4.99 Å². The standard InChI is InChI=1S/C21H20N4O3/c1-14-5-3-7-17(11-14)27-10-9-24-8-4-6-16(24)13-18-20(22)25-19(23-21(18)26)12-15(2)28-25/h3-8,11-13,22H,9-10H2,1-2H3/b18-13-,22-20?. The van der Waals surface area contributed by atoms with Crippen molar-refractivity contribution in [1.82, 2.24) is 9.63 Å². The summed E-state index contributed by atoms with van der Waals surface area (Å²) in [4.78, 5) is 21.8. The Morgan fingerprint density at radius 2 is 2.11 bits per heavy atom. The van der Waals surface area contributed by atoms with Gasteiger partial charge in [0.1, 0.15) is 18.1 Å². The molecule has 142 valence electrons. The number of ether oxygens (including phenoxy) is 1. The number of carbonyl (C=O) groups is 1. The van der Waals surface area contributed by atoms with Crippen LogP contribution in [0.2, 0.25) is 0 Å². The molecule has 0 radical (unpaired) electrons. The zero-order valence-corrected chi connectivity index (χ0v) is 15.7. The number of carbonyl (C=O) groups excluding carboxylic acids is 1. The van der Waals surface area contributed by atoms with Crippen LogP contribution < -0.4 is 4.74 Å². The summed E-state index contributed by atoms with van der Waals surface area (Å²) in [7, 11) is 0. The SMILES string of the molecule is CC1=CC2=NC(=O)/C(=C\c3cccn3CCOc3cccc(C)c3)C(=N)N2O1. The molecule has 1 N–H and O–H groups in total. The van der Waals surface area contributed by atoms with Gasteiger partial charge >= 0.3 is 0 Å². The Morgan fingerprint density at radius 1 is 1.25 bits per heavy atom. The smallest absolute Gasteiger partial charge is 0.283 e. The first-order valence-electron chi connectivity index (χ1n) is 8.96.